The van der Waals surface area contributed by atoms with Gasteiger partial charge >= 0.3 is 0 Å². The molecule has 0 spiro atoms. The summed E-state index contributed by atoms with van der Waals surface area (Å²) < 4.78 is 0. The Morgan fingerprint density at radius 3 is 2.88 bits per heavy atom. The summed E-state index contributed by atoms with van der Waals surface area (Å²) in [5, 5.41) is 4.77. The van der Waals surface area contributed by atoms with Crippen molar-refractivity contribution in [3.63, 3.8) is 0 Å². The first-order valence-corrected chi connectivity index (χ1v) is 7.45. The van der Waals surface area contributed by atoms with E-state index in [1.807, 2.05) is 6.20 Å². The van der Waals surface area contributed by atoms with Crippen molar-refractivity contribution < 1.29 is 0 Å². The van der Waals surface area contributed by atoms with Gasteiger partial charge in [0, 0.05) is 11.1 Å². The maximum Gasteiger partial charge on any atom is 0.109 e. The van der Waals surface area contributed by atoms with Crippen molar-refractivity contribution in [1.29, 1.82) is 0 Å². The highest BCUT2D eigenvalue weighted by molar-refractivity contribution is 7.11. The maximum atomic E-state index is 4.42. The van der Waals surface area contributed by atoms with E-state index in [-0.39, 0.29) is 0 Å². The minimum Gasteiger partial charge on any atom is -0.308 e. The predicted molar refractivity (Wildman–Crippen MR) is 73.6 cm³/mol. The Labute approximate surface area is 108 Å². The quantitative estimate of drug-likeness (QED) is 0.790. The molecule has 1 aliphatic rings. The first-order valence-electron chi connectivity index (χ1n) is 6.64. The van der Waals surface area contributed by atoms with E-state index in [1.165, 1.54) is 48.8 Å². The zero-order valence-corrected chi connectivity index (χ0v) is 11.7. The summed E-state index contributed by atoms with van der Waals surface area (Å²) in [5.74, 6) is 0. The van der Waals surface area contributed by atoms with E-state index >= 15 is 0 Å². The minimum atomic E-state index is 0.396. The summed E-state index contributed by atoms with van der Waals surface area (Å²) in [4.78, 5) is 8.28. The summed E-state index contributed by atoms with van der Waals surface area (Å²) in [6.07, 6.45) is 5.99. The molecule has 1 aromatic rings. The van der Waals surface area contributed by atoms with Crippen molar-refractivity contribution in [2.24, 2.45) is 0 Å². The molecule has 4 heteroatoms. The standard InChI is InChI=1S/C13H23N3S/c1-11-10-15-13(17-11)12(2)14-6-5-9-16-7-3-4-8-16/h10,12,14H,3-9H2,1-2H3. The van der Waals surface area contributed by atoms with Crippen molar-refractivity contribution in [2.75, 3.05) is 26.2 Å². The van der Waals surface area contributed by atoms with Crippen LogP contribution in [-0.2, 0) is 0 Å². The molecule has 96 valence electrons. The molecule has 1 fully saturated rings. The van der Waals surface area contributed by atoms with Gasteiger partial charge in [0.1, 0.15) is 5.01 Å². The van der Waals surface area contributed by atoms with Crippen LogP contribution in [0.25, 0.3) is 0 Å². The molecule has 0 bridgehead atoms. The Morgan fingerprint density at radius 2 is 2.24 bits per heavy atom. The van der Waals surface area contributed by atoms with Gasteiger partial charge in [0.05, 0.1) is 6.04 Å². The fraction of sp³-hybridized carbons (Fsp3) is 0.769. The molecule has 0 aromatic carbocycles. The number of rotatable bonds is 6. The number of hydrogen-bond donors (Lipinski definition) is 1. The summed E-state index contributed by atoms with van der Waals surface area (Å²) in [6, 6.07) is 0.396. The molecule has 2 heterocycles. The van der Waals surface area contributed by atoms with E-state index in [2.05, 4.69) is 29.0 Å². The van der Waals surface area contributed by atoms with E-state index in [0.717, 1.165) is 6.54 Å². The number of aryl methyl sites for hydroxylation is 1. The molecule has 17 heavy (non-hydrogen) atoms. The summed E-state index contributed by atoms with van der Waals surface area (Å²) in [5.41, 5.74) is 0. The number of nitrogens with one attached hydrogen (secondary N) is 1. The van der Waals surface area contributed by atoms with E-state index in [1.54, 1.807) is 11.3 Å². The normalized spacial score (nSPS) is 18.7. The number of aromatic nitrogens is 1. The van der Waals surface area contributed by atoms with Crippen LogP contribution in [0.1, 0.15) is 42.1 Å². The highest BCUT2D eigenvalue weighted by Crippen LogP contribution is 2.18. The molecule has 1 atom stereocenters. The fourth-order valence-corrected chi connectivity index (χ4v) is 3.09. The number of thiazole rings is 1. The minimum absolute atomic E-state index is 0.396. The molecular formula is C13H23N3S. The molecular weight excluding hydrogens is 230 g/mol. The van der Waals surface area contributed by atoms with Crippen LogP contribution in [0.4, 0.5) is 0 Å². The van der Waals surface area contributed by atoms with Crippen LogP contribution in [0.15, 0.2) is 6.20 Å². The SMILES string of the molecule is Cc1cnc(C(C)NCCCN2CCCC2)s1. The van der Waals surface area contributed by atoms with Crippen LogP contribution in [0, 0.1) is 6.92 Å². The summed E-state index contributed by atoms with van der Waals surface area (Å²) >= 11 is 1.80. The maximum absolute atomic E-state index is 4.42. The second-order valence-corrected chi connectivity index (χ2v) is 6.15. The molecule has 0 amide bonds. The van der Waals surface area contributed by atoms with E-state index in [9.17, 15) is 0 Å². The second-order valence-electron chi connectivity index (χ2n) is 4.89. The highest BCUT2D eigenvalue weighted by Gasteiger charge is 2.11. The van der Waals surface area contributed by atoms with Crippen LogP contribution in [0.5, 0.6) is 0 Å². The van der Waals surface area contributed by atoms with Gasteiger partial charge < -0.3 is 10.2 Å². The van der Waals surface area contributed by atoms with Gasteiger partial charge in [0.25, 0.3) is 0 Å². The van der Waals surface area contributed by atoms with Crippen molar-refractivity contribution in [3.05, 3.63) is 16.1 Å². The number of nitrogens with zero attached hydrogens (tertiary/aromatic N) is 2. The molecule has 1 aromatic heterocycles. The molecule has 2 rings (SSSR count). The van der Waals surface area contributed by atoms with Gasteiger partial charge in [-0.3, -0.25) is 0 Å². The van der Waals surface area contributed by atoms with Crippen molar-refractivity contribution in [3.8, 4) is 0 Å². The van der Waals surface area contributed by atoms with Gasteiger partial charge in [0.2, 0.25) is 0 Å². The number of hydrogen-bond acceptors (Lipinski definition) is 4. The lowest BCUT2D eigenvalue weighted by Crippen LogP contribution is -2.26. The lowest BCUT2D eigenvalue weighted by molar-refractivity contribution is 0.328. The van der Waals surface area contributed by atoms with Gasteiger partial charge in [-0.2, -0.15) is 0 Å². The monoisotopic (exact) mass is 253 g/mol. The Balaban J connectivity index is 1.61. The van der Waals surface area contributed by atoms with Gasteiger partial charge in [-0.15, -0.1) is 11.3 Å². The number of likely N-dealkylation sites (tertiary alicyclic amines) is 1. The Morgan fingerprint density at radius 1 is 1.47 bits per heavy atom. The highest BCUT2D eigenvalue weighted by atomic mass is 32.1. The van der Waals surface area contributed by atoms with Crippen LogP contribution in [-0.4, -0.2) is 36.1 Å². The Kier molecular flexibility index (Phi) is 4.95. The molecule has 0 saturated carbocycles. The van der Waals surface area contributed by atoms with Crippen molar-refractivity contribution >= 4 is 11.3 Å². The molecule has 0 aliphatic carbocycles. The zero-order chi connectivity index (χ0) is 12.1. The van der Waals surface area contributed by atoms with Gasteiger partial charge in [0.15, 0.2) is 0 Å². The first-order chi connectivity index (χ1) is 8.25. The molecule has 0 radical (unpaired) electrons. The Hall–Kier alpha value is -0.450. The molecule has 1 saturated heterocycles. The van der Waals surface area contributed by atoms with Gasteiger partial charge in [-0.1, -0.05) is 0 Å². The van der Waals surface area contributed by atoms with Crippen molar-refractivity contribution in [1.82, 2.24) is 15.2 Å². The second kappa shape index (κ2) is 6.47. The van der Waals surface area contributed by atoms with Crippen LogP contribution in [0.2, 0.25) is 0 Å². The molecule has 1 aliphatic heterocycles. The van der Waals surface area contributed by atoms with E-state index < -0.39 is 0 Å². The van der Waals surface area contributed by atoms with Gasteiger partial charge in [-0.05, 0) is 59.3 Å². The lowest BCUT2D eigenvalue weighted by Gasteiger charge is -2.16. The third kappa shape index (κ3) is 4.05. The summed E-state index contributed by atoms with van der Waals surface area (Å²) in [7, 11) is 0. The summed E-state index contributed by atoms with van der Waals surface area (Å²) in [6.45, 7) is 9.27. The first kappa shape index (κ1) is 13.0. The Bertz CT molecular complexity index is 331. The van der Waals surface area contributed by atoms with E-state index in [0.29, 0.717) is 6.04 Å². The van der Waals surface area contributed by atoms with Gasteiger partial charge in [-0.25, -0.2) is 4.98 Å². The average molecular weight is 253 g/mol. The molecule has 3 nitrogen and oxygen atoms in total. The zero-order valence-electron chi connectivity index (χ0n) is 10.9. The topological polar surface area (TPSA) is 28.2 Å². The predicted octanol–water partition coefficient (Wildman–Crippen LogP) is 2.59. The average Bonchev–Trinajstić information content (AvgIpc) is 2.95. The van der Waals surface area contributed by atoms with Crippen LogP contribution >= 0.6 is 11.3 Å². The van der Waals surface area contributed by atoms with Crippen molar-refractivity contribution in [2.45, 2.75) is 39.2 Å². The van der Waals surface area contributed by atoms with Crippen LogP contribution in [0.3, 0.4) is 0 Å². The van der Waals surface area contributed by atoms with Crippen LogP contribution < -0.4 is 5.32 Å². The fourth-order valence-electron chi connectivity index (χ4n) is 2.29. The smallest absolute Gasteiger partial charge is 0.109 e. The molecule has 1 unspecified atom stereocenters. The third-order valence-electron chi connectivity index (χ3n) is 3.31. The largest absolute Gasteiger partial charge is 0.308 e. The lowest BCUT2D eigenvalue weighted by atomic mass is 10.3. The third-order valence-corrected chi connectivity index (χ3v) is 4.41. The molecule has 1 N–H and O–H groups in total. The van der Waals surface area contributed by atoms with E-state index in [4.69, 9.17) is 0 Å².